The van der Waals surface area contributed by atoms with Gasteiger partial charge in [0, 0.05) is 12.0 Å². The van der Waals surface area contributed by atoms with Crippen molar-refractivity contribution in [3.8, 4) is 0 Å². The molecule has 0 rings (SSSR count). The normalized spacial score (nSPS) is 15.8. The van der Waals surface area contributed by atoms with Crippen molar-refractivity contribution in [1.82, 2.24) is 0 Å². The summed E-state index contributed by atoms with van der Waals surface area (Å²) in [6.07, 6.45) is 0.989. The topological polar surface area (TPSA) is 101 Å². The van der Waals surface area contributed by atoms with Crippen LogP contribution in [0.4, 0.5) is 0 Å². The van der Waals surface area contributed by atoms with Gasteiger partial charge in [-0.3, -0.25) is 4.79 Å². The van der Waals surface area contributed by atoms with Gasteiger partial charge in [-0.15, -0.1) is 0 Å². The van der Waals surface area contributed by atoms with Crippen molar-refractivity contribution in [2.45, 2.75) is 51.7 Å². The molecule has 3 unspecified atom stereocenters. The highest BCUT2D eigenvalue weighted by Gasteiger charge is 2.18. The van der Waals surface area contributed by atoms with E-state index in [9.17, 15) is 14.7 Å². The Labute approximate surface area is 101 Å². The van der Waals surface area contributed by atoms with Crippen LogP contribution in [-0.2, 0) is 9.59 Å². The number of carbonyl (C=O) groups is 1. The van der Waals surface area contributed by atoms with Crippen molar-refractivity contribution in [1.29, 1.82) is 0 Å². The van der Waals surface area contributed by atoms with E-state index in [1.165, 1.54) is 0 Å². The zero-order valence-corrected chi connectivity index (χ0v) is 10.3. The summed E-state index contributed by atoms with van der Waals surface area (Å²) in [7, 11) is 0. The van der Waals surface area contributed by atoms with Crippen molar-refractivity contribution < 1.29 is 19.8 Å². The molecule has 0 saturated heterocycles. The number of carboxylic acid groups (broad SMARTS) is 1. The van der Waals surface area contributed by atoms with Crippen LogP contribution in [0, 0.1) is 5.92 Å². The Bertz CT molecular complexity index is 297. The smallest absolute Gasteiger partial charge is 0.320 e. The second-order valence-electron chi connectivity index (χ2n) is 4.44. The molecule has 0 amide bonds. The Morgan fingerprint density at radius 3 is 2.41 bits per heavy atom. The van der Waals surface area contributed by atoms with Crippen LogP contribution in [0.25, 0.3) is 0 Å². The zero-order valence-electron chi connectivity index (χ0n) is 10.3. The number of hydrogen-bond donors (Lipinski definition) is 3. The van der Waals surface area contributed by atoms with E-state index < -0.39 is 18.1 Å². The fourth-order valence-electron chi connectivity index (χ4n) is 1.72. The summed E-state index contributed by atoms with van der Waals surface area (Å²) in [4.78, 5) is 21.0. The van der Waals surface area contributed by atoms with Gasteiger partial charge >= 0.3 is 5.97 Å². The maximum absolute atomic E-state index is 10.5. The largest absolute Gasteiger partial charge is 0.480 e. The minimum Gasteiger partial charge on any atom is -0.480 e. The lowest BCUT2D eigenvalue weighted by molar-refractivity contribution is -0.139. The Hall–Kier alpha value is -1.16. The minimum atomic E-state index is -1.03. The van der Waals surface area contributed by atoms with E-state index in [1.54, 1.807) is 5.94 Å². The number of carboxylic acids is 1. The molecule has 0 aliphatic carbocycles. The number of aliphatic hydroxyl groups excluding tert-OH is 1. The molecule has 0 aromatic rings. The highest BCUT2D eigenvalue weighted by atomic mass is 16.4. The molecule has 0 spiro atoms. The minimum absolute atomic E-state index is 0.000795. The number of carbonyl (C=O) groups excluding carboxylic acids is 1. The first-order valence-electron chi connectivity index (χ1n) is 5.79. The third kappa shape index (κ3) is 6.89. The van der Waals surface area contributed by atoms with Crippen molar-refractivity contribution in [3.05, 3.63) is 5.57 Å². The van der Waals surface area contributed by atoms with E-state index in [-0.39, 0.29) is 5.92 Å². The number of aliphatic hydroxyl groups is 1. The van der Waals surface area contributed by atoms with Crippen LogP contribution in [0.3, 0.4) is 0 Å². The van der Waals surface area contributed by atoms with Gasteiger partial charge in [-0.1, -0.05) is 13.8 Å². The summed E-state index contributed by atoms with van der Waals surface area (Å²) in [6, 6.07) is -0.899. The van der Waals surface area contributed by atoms with Crippen LogP contribution < -0.4 is 5.73 Å². The molecule has 0 aliphatic rings. The van der Waals surface area contributed by atoms with E-state index in [2.05, 4.69) is 0 Å². The monoisotopic (exact) mass is 243 g/mol. The second-order valence-corrected chi connectivity index (χ2v) is 4.44. The standard InChI is InChI=1S/C12H21NO4/c1-3-9(7-14)6-10(15)4-8(2)5-11(13)12(16)17/h8,10-11,15H,3-6,13H2,1-2H3,(H,16,17). The summed E-state index contributed by atoms with van der Waals surface area (Å²) in [5.41, 5.74) is 5.95. The Morgan fingerprint density at radius 2 is 2.00 bits per heavy atom. The van der Waals surface area contributed by atoms with Gasteiger partial charge in [-0.2, -0.15) is 0 Å². The summed E-state index contributed by atoms with van der Waals surface area (Å²) in [5.74, 6) is 0.770. The van der Waals surface area contributed by atoms with E-state index in [0.29, 0.717) is 31.3 Å². The molecule has 0 aromatic heterocycles. The van der Waals surface area contributed by atoms with Crippen LogP contribution in [0.5, 0.6) is 0 Å². The molecule has 5 nitrogen and oxygen atoms in total. The highest BCUT2D eigenvalue weighted by Crippen LogP contribution is 2.17. The lowest BCUT2D eigenvalue weighted by atomic mass is 9.93. The molecule has 0 radical (unpaired) electrons. The molecular formula is C12H21NO4. The van der Waals surface area contributed by atoms with Crippen molar-refractivity contribution in [3.63, 3.8) is 0 Å². The molecule has 0 heterocycles. The van der Waals surface area contributed by atoms with Gasteiger partial charge < -0.3 is 15.9 Å². The molecule has 0 fully saturated rings. The molecule has 17 heavy (non-hydrogen) atoms. The summed E-state index contributed by atoms with van der Waals surface area (Å²) in [5, 5.41) is 18.4. The van der Waals surface area contributed by atoms with Crippen LogP contribution in [0.2, 0.25) is 0 Å². The molecule has 3 atom stereocenters. The van der Waals surface area contributed by atoms with Crippen LogP contribution in [0.15, 0.2) is 5.57 Å². The predicted molar refractivity (Wildman–Crippen MR) is 64.1 cm³/mol. The van der Waals surface area contributed by atoms with Gasteiger partial charge in [0.25, 0.3) is 0 Å². The summed E-state index contributed by atoms with van der Waals surface area (Å²) >= 11 is 0. The maximum Gasteiger partial charge on any atom is 0.320 e. The summed E-state index contributed by atoms with van der Waals surface area (Å²) < 4.78 is 0. The van der Waals surface area contributed by atoms with E-state index >= 15 is 0 Å². The van der Waals surface area contributed by atoms with Gasteiger partial charge in [0.05, 0.1) is 6.10 Å². The van der Waals surface area contributed by atoms with E-state index in [1.807, 2.05) is 13.8 Å². The third-order valence-electron chi connectivity index (χ3n) is 2.70. The molecule has 0 aromatic carbocycles. The predicted octanol–water partition coefficient (Wildman–Crippen LogP) is 0.734. The molecule has 4 N–H and O–H groups in total. The maximum atomic E-state index is 10.5. The van der Waals surface area contributed by atoms with Crippen molar-refractivity contribution >= 4 is 11.9 Å². The van der Waals surface area contributed by atoms with Gasteiger partial charge in [-0.05, 0) is 25.2 Å². The average Bonchev–Trinajstić information content (AvgIpc) is 2.25. The molecule has 5 heteroatoms. The molecule has 0 saturated carbocycles. The van der Waals surface area contributed by atoms with Crippen LogP contribution in [0.1, 0.15) is 39.5 Å². The van der Waals surface area contributed by atoms with Crippen LogP contribution >= 0.6 is 0 Å². The first kappa shape index (κ1) is 15.8. The van der Waals surface area contributed by atoms with Crippen molar-refractivity contribution in [2.24, 2.45) is 11.7 Å². The fourth-order valence-corrected chi connectivity index (χ4v) is 1.72. The average molecular weight is 243 g/mol. The molecule has 0 aliphatic heterocycles. The van der Waals surface area contributed by atoms with Gasteiger partial charge in [-0.25, -0.2) is 4.79 Å². The molecule has 98 valence electrons. The number of rotatable bonds is 8. The lowest BCUT2D eigenvalue weighted by Crippen LogP contribution is -2.32. The third-order valence-corrected chi connectivity index (χ3v) is 2.70. The van der Waals surface area contributed by atoms with E-state index in [0.717, 1.165) is 0 Å². The zero-order chi connectivity index (χ0) is 13.4. The Kier molecular flexibility index (Phi) is 7.46. The number of nitrogens with two attached hydrogens (primary N) is 1. The SMILES string of the molecule is CCC(=C=O)CC(O)CC(C)CC(N)C(=O)O. The number of hydrogen-bond acceptors (Lipinski definition) is 4. The Balaban J connectivity index is 4.07. The van der Waals surface area contributed by atoms with Gasteiger partial charge in [0.1, 0.15) is 12.0 Å². The number of aliphatic carboxylic acids is 1. The molecule has 0 bridgehead atoms. The lowest BCUT2D eigenvalue weighted by Gasteiger charge is -2.18. The quantitative estimate of drug-likeness (QED) is 0.546. The molecular weight excluding hydrogens is 222 g/mol. The first-order chi connectivity index (χ1) is 7.90. The first-order valence-corrected chi connectivity index (χ1v) is 5.79. The van der Waals surface area contributed by atoms with Gasteiger partial charge in [0.15, 0.2) is 0 Å². The summed E-state index contributed by atoms with van der Waals surface area (Å²) in [6.45, 7) is 3.67. The van der Waals surface area contributed by atoms with Crippen LogP contribution in [-0.4, -0.2) is 34.3 Å². The fraction of sp³-hybridized carbons (Fsp3) is 0.750. The highest BCUT2D eigenvalue weighted by molar-refractivity contribution is 5.72. The second kappa shape index (κ2) is 8.01. The van der Waals surface area contributed by atoms with Crippen molar-refractivity contribution in [2.75, 3.05) is 0 Å². The van der Waals surface area contributed by atoms with E-state index in [4.69, 9.17) is 10.8 Å². The Morgan fingerprint density at radius 1 is 1.41 bits per heavy atom. The van der Waals surface area contributed by atoms with Gasteiger partial charge in [0.2, 0.25) is 0 Å².